The molecule has 2 aromatic rings. The zero-order chi connectivity index (χ0) is 27.9. The summed E-state index contributed by atoms with van der Waals surface area (Å²) in [7, 11) is 5.69. The van der Waals surface area contributed by atoms with Crippen LogP contribution in [0.4, 0.5) is 16.2 Å². The molecule has 2 aromatic carbocycles. The predicted molar refractivity (Wildman–Crippen MR) is 160 cm³/mol. The van der Waals surface area contributed by atoms with E-state index in [-0.39, 0.29) is 18.0 Å². The van der Waals surface area contributed by atoms with Gasteiger partial charge in [0.15, 0.2) is 0 Å². The number of amides is 3. The number of benzene rings is 2. The quantitative estimate of drug-likeness (QED) is 0.317. The molecule has 4 rings (SSSR count). The number of carbonyl (C=O) groups is 2. The first-order valence-corrected chi connectivity index (χ1v) is 14.1. The van der Waals surface area contributed by atoms with Crippen LogP contribution in [0.25, 0.3) is 0 Å². The molecule has 10 heteroatoms. The Labute approximate surface area is 233 Å². The molecule has 0 bridgehead atoms. The van der Waals surface area contributed by atoms with Gasteiger partial charge in [0.2, 0.25) is 0 Å². The van der Waals surface area contributed by atoms with Gasteiger partial charge in [-0.3, -0.25) is 4.79 Å². The van der Waals surface area contributed by atoms with Gasteiger partial charge in [0.25, 0.3) is 5.91 Å². The average molecular weight is 535 g/mol. The zero-order valence-corrected chi connectivity index (χ0v) is 23.9. The lowest BCUT2D eigenvalue weighted by Crippen LogP contribution is -2.49. The summed E-state index contributed by atoms with van der Waals surface area (Å²) in [6, 6.07) is 9.80. The SMILES string of the molecule is Bc1cc(C(=O)NCCN2CCC(N3CCc4cc(OC)ccc4NC3=O)CC2)cc(CN(C)CCC)c1N. The predicted octanol–water partition coefficient (Wildman–Crippen LogP) is 1.66. The lowest BCUT2D eigenvalue weighted by Gasteiger charge is -2.38. The van der Waals surface area contributed by atoms with Gasteiger partial charge in [-0.2, -0.15) is 0 Å². The van der Waals surface area contributed by atoms with E-state index in [1.807, 2.05) is 43.1 Å². The fourth-order valence-corrected chi connectivity index (χ4v) is 5.67. The molecule has 0 radical (unpaired) electrons. The van der Waals surface area contributed by atoms with E-state index in [1.54, 1.807) is 7.11 Å². The van der Waals surface area contributed by atoms with Gasteiger partial charge in [0.05, 0.1) is 7.11 Å². The molecular formula is C29H43BN6O3. The summed E-state index contributed by atoms with van der Waals surface area (Å²) < 4.78 is 5.35. The highest BCUT2D eigenvalue weighted by Gasteiger charge is 2.30. The van der Waals surface area contributed by atoms with E-state index in [2.05, 4.69) is 34.4 Å². The lowest BCUT2D eigenvalue weighted by molar-refractivity contribution is 0.0937. The van der Waals surface area contributed by atoms with Gasteiger partial charge in [-0.25, -0.2) is 4.79 Å². The first-order valence-electron chi connectivity index (χ1n) is 14.1. The van der Waals surface area contributed by atoms with Gasteiger partial charge in [-0.15, -0.1) is 0 Å². The van der Waals surface area contributed by atoms with Crippen molar-refractivity contribution in [2.45, 2.75) is 45.2 Å². The van der Waals surface area contributed by atoms with Crippen LogP contribution in [0.15, 0.2) is 30.3 Å². The molecule has 0 aliphatic carbocycles. The molecule has 0 atom stereocenters. The molecule has 2 aliphatic rings. The Kier molecular flexibility index (Phi) is 9.75. The number of nitrogens with zero attached hydrogens (tertiary/aromatic N) is 3. The van der Waals surface area contributed by atoms with Gasteiger partial charge in [-0.1, -0.05) is 18.5 Å². The lowest BCUT2D eigenvalue weighted by atomic mass is 9.89. The topological polar surface area (TPSA) is 103 Å². The number of likely N-dealkylation sites (tertiary alicyclic amines) is 1. The van der Waals surface area contributed by atoms with Crippen molar-refractivity contribution in [1.82, 2.24) is 20.0 Å². The van der Waals surface area contributed by atoms with Crippen molar-refractivity contribution in [3.8, 4) is 5.75 Å². The molecule has 0 aromatic heterocycles. The molecule has 39 heavy (non-hydrogen) atoms. The highest BCUT2D eigenvalue weighted by molar-refractivity contribution is 6.36. The molecule has 0 spiro atoms. The highest BCUT2D eigenvalue weighted by Crippen LogP contribution is 2.27. The number of anilines is 2. The van der Waals surface area contributed by atoms with Crippen LogP contribution in [-0.2, 0) is 13.0 Å². The maximum absolute atomic E-state index is 13.0. The Hall–Kier alpha value is -3.24. The Morgan fingerprint density at radius 3 is 2.72 bits per heavy atom. The van der Waals surface area contributed by atoms with E-state index >= 15 is 0 Å². The summed E-state index contributed by atoms with van der Waals surface area (Å²) in [5.74, 6) is 0.744. The fraction of sp³-hybridized carbons (Fsp3) is 0.517. The summed E-state index contributed by atoms with van der Waals surface area (Å²) in [6.45, 7) is 7.74. The average Bonchev–Trinajstić information content (AvgIpc) is 3.09. The van der Waals surface area contributed by atoms with Gasteiger partial charge in [0.1, 0.15) is 13.6 Å². The number of carbonyl (C=O) groups excluding carboxylic acids is 2. The first kappa shape index (κ1) is 28.8. The number of fused-ring (bicyclic) bond motifs is 1. The van der Waals surface area contributed by atoms with Crippen LogP contribution >= 0.6 is 0 Å². The van der Waals surface area contributed by atoms with Crippen LogP contribution in [0.1, 0.15) is 47.7 Å². The number of piperidine rings is 1. The number of nitrogens with one attached hydrogen (secondary N) is 2. The van der Waals surface area contributed by atoms with Crippen LogP contribution in [-0.4, -0.2) is 94.0 Å². The van der Waals surface area contributed by atoms with Gasteiger partial charge >= 0.3 is 6.03 Å². The molecule has 2 heterocycles. The molecule has 0 unspecified atom stereocenters. The molecule has 9 nitrogen and oxygen atoms in total. The van der Waals surface area contributed by atoms with Crippen LogP contribution in [0.5, 0.6) is 5.75 Å². The largest absolute Gasteiger partial charge is 0.497 e. The number of nitrogen functional groups attached to an aromatic ring is 1. The molecule has 1 saturated heterocycles. The van der Waals surface area contributed by atoms with Crippen molar-refractivity contribution in [2.75, 3.05) is 64.5 Å². The summed E-state index contributed by atoms with van der Waals surface area (Å²) >= 11 is 0. The molecule has 3 amide bonds. The van der Waals surface area contributed by atoms with Crippen LogP contribution < -0.4 is 26.6 Å². The monoisotopic (exact) mass is 534 g/mol. The molecular weight excluding hydrogens is 491 g/mol. The molecule has 4 N–H and O–H groups in total. The van der Waals surface area contributed by atoms with Crippen LogP contribution in [0, 0.1) is 0 Å². The summed E-state index contributed by atoms with van der Waals surface area (Å²) in [4.78, 5) is 32.5. The van der Waals surface area contributed by atoms with Crippen molar-refractivity contribution in [2.24, 2.45) is 0 Å². The zero-order valence-electron chi connectivity index (χ0n) is 23.9. The van der Waals surface area contributed by atoms with E-state index < -0.39 is 0 Å². The van der Waals surface area contributed by atoms with Crippen molar-refractivity contribution >= 4 is 36.6 Å². The Morgan fingerprint density at radius 1 is 1.23 bits per heavy atom. The van der Waals surface area contributed by atoms with Crippen molar-refractivity contribution in [1.29, 1.82) is 0 Å². The van der Waals surface area contributed by atoms with Crippen molar-refractivity contribution in [3.05, 3.63) is 47.0 Å². The summed E-state index contributed by atoms with van der Waals surface area (Å²) in [6.07, 6.45) is 3.72. The van der Waals surface area contributed by atoms with Gasteiger partial charge in [-0.05, 0) is 74.7 Å². The van der Waals surface area contributed by atoms with Crippen LogP contribution in [0.2, 0.25) is 0 Å². The minimum Gasteiger partial charge on any atom is -0.497 e. The third-order valence-corrected chi connectivity index (χ3v) is 7.93. The fourth-order valence-electron chi connectivity index (χ4n) is 5.67. The molecule has 0 saturated carbocycles. The maximum atomic E-state index is 13.0. The van der Waals surface area contributed by atoms with Crippen LogP contribution in [0.3, 0.4) is 0 Å². The molecule has 1 fully saturated rings. The second-order valence-electron chi connectivity index (χ2n) is 10.8. The second-order valence-corrected chi connectivity index (χ2v) is 10.8. The van der Waals surface area contributed by atoms with Gasteiger partial charge in [0, 0.05) is 62.2 Å². The summed E-state index contributed by atoms with van der Waals surface area (Å²) in [5.41, 5.74) is 11.6. The number of hydrogen-bond acceptors (Lipinski definition) is 6. The highest BCUT2D eigenvalue weighted by atomic mass is 16.5. The van der Waals surface area contributed by atoms with E-state index in [4.69, 9.17) is 10.5 Å². The molecule has 2 aliphatic heterocycles. The van der Waals surface area contributed by atoms with E-state index in [0.29, 0.717) is 18.7 Å². The number of ether oxygens (including phenoxy) is 1. The number of hydrogen-bond donors (Lipinski definition) is 3. The number of rotatable bonds is 10. The van der Waals surface area contributed by atoms with Crippen molar-refractivity contribution in [3.63, 3.8) is 0 Å². The maximum Gasteiger partial charge on any atom is 0.322 e. The minimum atomic E-state index is -0.0650. The normalized spacial score (nSPS) is 16.5. The minimum absolute atomic E-state index is 0.0244. The van der Waals surface area contributed by atoms with Crippen molar-refractivity contribution < 1.29 is 14.3 Å². The third kappa shape index (κ3) is 7.25. The smallest absolute Gasteiger partial charge is 0.322 e. The Balaban J connectivity index is 1.24. The third-order valence-electron chi connectivity index (χ3n) is 7.93. The number of nitrogens with two attached hydrogens (primary N) is 1. The standard InChI is InChI=1S/C29H43BN6O3/c1-4-11-34(2)19-22-16-21(18-25(30)27(22)31)28(37)32-10-15-35-12-8-23(9-13-35)36-14-7-20-17-24(39-3)5-6-26(20)33-29(36)38/h5-6,16-18,23H,4,7-15,19,30-31H2,1-3H3,(H,32,37)(H,33,38). The van der Waals surface area contributed by atoms with Gasteiger partial charge < -0.3 is 35.8 Å². The van der Waals surface area contributed by atoms with E-state index in [9.17, 15) is 9.59 Å². The van der Waals surface area contributed by atoms with E-state index in [0.717, 1.165) is 92.1 Å². The Morgan fingerprint density at radius 2 is 2.00 bits per heavy atom. The second kappa shape index (κ2) is 13.2. The summed E-state index contributed by atoms with van der Waals surface area (Å²) in [5, 5.41) is 6.17. The number of urea groups is 1. The van der Waals surface area contributed by atoms with E-state index in [1.165, 1.54) is 0 Å². The number of methoxy groups -OCH3 is 1. The molecule has 210 valence electrons. The Bertz CT molecular complexity index is 1170. The first-order chi connectivity index (χ1) is 18.8.